The summed E-state index contributed by atoms with van der Waals surface area (Å²) in [6, 6.07) is 6.83. The summed E-state index contributed by atoms with van der Waals surface area (Å²) in [5.74, 6) is 1.00. The fourth-order valence-corrected chi connectivity index (χ4v) is 3.42. The van der Waals surface area contributed by atoms with Gasteiger partial charge >= 0.3 is 0 Å². The highest BCUT2D eigenvalue weighted by atomic mass is 15.3. The third kappa shape index (κ3) is 2.70. The zero-order chi connectivity index (χ0) is 14.2. The van der Waals surface area contributed by atoms with Crippen molar-refractivity contribution in [3.63, 3.8) is 0 Å². The van der Waals surface area contributed by atoms with Crippen LogP contribution in [0.5, 0.6) is 0 Å². The second kappa shape index (κ2) is 5.17. The van der Waals surface area contributed by atoms with Crippen molar-refractivity contribution in [2.75, 3.05) is 0 Å². The molecule has 0 bridgehead atoms. The average Bonchev–Trinajstić information content (AvgIpc) is 2.81. The van der Waals surface area contributed by atoms with Crippen LogP contribution >= 0.6 is 0 Å². The Morgan fingerprint density at radius 1 is 1.35 bits per heavy atom. The third-order valence-corrected chi connectivity index (χ3v) is 4.42. The summed E-state index contributed by atoms with van der Waals surface area (Å²) >= 11 is 0. The molecule has 0 saturated heterocycles. The Kier molecular flexibility index (Phi) is 3.50. The lowest BCUT2D eigenvalue weighted by Gasteiger charge is -2.36. The molecule has 1 aliphatic carbocycles. The Labute approximate surface area is 120 Å². The van der Waals surface area contributed by atoms with E-state index in [0.29, 0.717) is 11.5 Å². The molecule has 0 aromatic carbocycles. The largest absolute Gasteiger partial charge is 0.305 e. The van der Waals surface area contributed by atoms with Crippen LogP contribution in [0.3, 0.4) is 0 Å². The van der Waals surface area contributed by atoms with Gasteiger partial charge in [0.1, 0.15) is 0 Å². The van der Waals surface area contributed by atoms with E-state index in [1.807, 2.05) is 24.4 Å². The average molecular weight is 272 g/mol. The van der Waals surface area contributed by atoms with Gasteiger partial charge in [-0.2, -0.15) is 0 Å². The molecule has 20 heavy (non-hydrogen) atoms. The van der Waals surface area contributed by atoms with Gasteiger partial charge in [-0.1, -0.05) is 26.3 Å². The molecule has 2 aromatic rings. The first-order valence-electron chi connectivity index (χ1n) is 7.61. The van der Waals surface area contributed by atoms with Crippen molar-refractivity contribution in [1.82, 2.24) is 19.9 Å². The normalized spacial score (nSPS) is 23.9. The summed E-state index contributed by atoms with van der Waals surface area (Å²) < 4.78 is 2.08. The van der Waals surface area contributed by atoms with Crippen molar-refractivity contribution < 1.29 is 0 Å². The van der Waals surface area contributed by atoms with Crippen LogP contribution in [0.1, 0.15) is 58.3 Å². The molecule has 1 aliphatic rings. The van der Waals surface area contributed by atoms with Crippen molar-refractivity contribution in [2.24, 2.45) is 5.41 Å². The smallest absolute Gasteiger partial charge is 0.160 e. The van der Waals surface area contributed by atoms with Gasteiger partial charge in [0, 0.05) is 12.2 Å². The molecule has 108 valence electrons. The summed E-state index contributed by atoms with van der Waals surface area (Å²) in [6.45, 7) is 6.93. The summed E-state index contributed by atoms with van der Waals surface area (Å²) in [7, 11) is 0. The van der Waals surface area contributed by atoms with Crippen molar-refractivity contribution >= 4 is 5.65 Å². The zero-order valence-electron chi connectivity index (χ0n) is 12.6. The van der Waals surface area contributed by atoms with Gasteiger partial charge < -0.3 is 5.32 Å². The fourth-order valence-electron chi connectivity index (χ4n) is 3.42. The Balaban J connectivity index is 1.74. The highest BCUT2D eigenvalue weighted by Gasteiger charge is 2.29. The second-order valence-electron chi connectivity index (χ2n) is 6.83. The lowest BCUT2D eigenvalue weighted by Crippen LogP contribution is -2.39. The summed E-state index contributed by atoms with van der Waals surface area (Å²) in [5, 5.41) is 12.3. The first kappa shape index (κ1) is 13.6. The predicted octanol–water partition coefficient (Wildman–Crippen LogP) is 3.35. The highest BCUT2D eigenvalue weighted by molar-refractivity contribution is 5.37. The molecule has 0 spiro atoms. The van der Waals surface area contributed by atoms with E-state index in [9.17, 15) is 0 Å². The number of hydrogen-bond acceptors (Lipinski definition) is 3. The number of nitrogens with zero attached hydrogens (tertiary/aromatic N) is 3. The molecule has 0 radical (unpaired) electrons. The van der Waals surface area contributed by atoms with Crippen LogP contribution in [-0.4, -0.2) is 20.6 Å². The van der Waals surface area contributed by atoms with Gasteiger partial charge in [0.05, 0.1) is 6.04 Å². The number of pyridine rings is 1. The first-order chi connectivity index (χ1) is 9.55. The summed E-state index contributed by atoms with van der Waals surface area (Å²) in [5.41, 5.74) is 1.38. The van der Waals surface area contributed by atoms with Crippen LogP contribution in [0, 0.1) is 5.41 Å². The zero-order valence-corrected chi connectivity index (χ0v) is 12.6. The van der Waals surface area contributed by atoms with Crippen molar-refractivity contribution in [1.29, 1.82) is 0 Å². The Hall–Kier alpha value is -1.42. The molecular formula is C16H24N4. The summed E-state index contributed by atoms with van der Waals surface area (Å²) in [4.78, 5) is 0. The maximum atomic E-state index is 4.35. The van der Waals surface area contributed by atoms with Crippen molar-refractivity contribution in [3.8, 4) is 0 Å². The van der Waals surface area contributed by atoms with E-state index in [1.165, 1.54) is 25.7 Å². The first-order valence-corrected chi connectivity index (χ1v) is 7.61. The van der Waals surface area contributed by atoms with Crippen LogP contribution in [0.2, 0.25) is 0 Å². The van der Waals surface area contributed by atoms with Crippen LogP contribution < -0.4 is 5.32 Å². The molecule has 3 rings (SSSR count). The van der Waals surface area contributed by atoms with E-state index in [-0.39, 0.29) is 6.04 Å². The van der Waals surface area contributed by atoms with Gasteiger partial charge in [-0.3, -0.25) is 4.40 Å². The molecule has 1 fully saturated rings. The Morgan fingerprint density at radius 2 is 2.20 bits per heavy atom. The molecule has 1 N–H and O–H groups in total. The molecule has 2 unspecified atom stereocenters. The lowest BCUT2D eigenvalue weighted by molar-refractivity contribution is 0.189. The second-order valence-corrected chi connectivity index (χ2v) is 6.83. The molecule has 2 atom stereocenters. The van der Waals surface area contributed by atoms with Crippen LogP contribution in [0.25, 0.3) is 5.65 Å². The fraction of sp³-hybridized carbons (Fsp3) is 0.625. The van der Waals surface area contributed by atoms with Crippen molar-refractivity contribution in [3.05, 3.63) is 30.2 Å². The van der Waals surface area contributed by atoms with Gasteiger partial charge in [-0.25, -0.2) is 0 Å². The summed E-state index contributed by atoms with van der Waals surface area (Å²) in [6.07, 6.45) is 7.21. The third-order valence-electron chi connectivity index (χ3n) is 4.42. The molecule has 0 amide bonds. The molecule has 4 heteroatoms. The number of aromatic nitrogens is 3. The Morgan fingerprint density at radius 3 is 3.00 bits per heavy atom. The number of nitrogens with one attached hydrogen (secondary N) is 1. The van der Waals surface area contributed by atoms with E-state index < -0.39 is 0 Å². The molecule has 2 aromatic heterocycles. The monoisotopic (exact) mass is 272 g/mol. The van der Waals surface area contributed by atoms with E-state index in [0.717, 1.165) is 11.5 Å². The maximum Gasteiger partial charge on any atom is 0.160 e. The standard InChI is InChI=1S/C16H24N4/c1-12(17-13-7-6-9-16(2,3)11-13)15-19-18-14-8-4-5-10-20(14)15/h4-5,8,10,12-13,17H,6-7,9,11H2,1-3H3. The SMILES string of the molecule is CC(NC1CCCC(C)(C)C1)c1nnc2ccccn12. The maximum absolute atomic E-state index is 4.35. The molecule has 1 saturated carbocycles. The van der Waals surface area contributed by atoms with Gasteiger partial charge in [-0.15, -0.1) is 10.2 Å². The van der Waals surface area contributed by atoms with E-state index in [2.05, 4.69) is 40.7 Å². The van der Waals surface area contributed by atoms with E-state index in [4.69, 9.17) is 0 Å². The minimum absolute atomic E-state index is 0.228. The van der Waals surface area contributed by atoms with Crippen LogP contribution in [0.4, 0.5) is 0 Å². The minimum Gasteiger partial charge on any atom is -0.305 e. The van der Waals surface area contributed by atoms with Crippen LogP contribution in [0.15, 0.2) is 24.4 Å². The Bertz CT molecular complexity index is 587. The lowest BCUT2D eigenvalue weighted by atomic mass is 9.75. The van der Waals surface area contributed by atoms with Gasteiger partial charge in [-0.05, 0) is 43.7 Å². The van der Waals surface area contributed by atoms with E-state index in [1.54, 1.807) is 0 Å². The molecule has 0 aliphatic heterocycles. The predicted molar refractivity (Wildman–Crippen MR) is 80.6 cm³/mol. The van der Waals surface area contributed by atoms with Gasteiger partial charge in [0.2, 0.25) is 0 Å². The van der Waals surface area contributed by atoms with Gasteiger partial charge in [0.15, 0.2) is 11.5 Å². The quantitative estimate of drug-likeness (QED) is 0.931. The number of fused-ring (bicyclic) bond motifs is 1. The number of rotatable bonds is 3. The topological polar surface area (TPSA) is 42.2 Å². The van der Waals surface area contributed by atoms with Crippen LogP contribution in [-0.2, 0) is 0 Å². The molecular weight excluding hydrogens is 248 g/mol. The molecule has 2 heterocycles. The van der Waals surface area contributed by atoms with E-state index >= 15 is 0 Å². The molecule has 4 nitrogen and oxygen atoms in total. The number of hydrogen-bond donors (Lipinski definition) is 1. The van der Waals surface area contributed by atoms with Gasteiger partial charge in [0.25, 0.3) is 0 Å². The minimum atomic E-state index is 0.228. The highest BCUT2D eigenvalue weighted by Crippen LogP contribution is 2.35. The van der Waals surface area contributed by atoms with Crippen molar-refractivity contribution in [2.45, 2.75) is 58.5 Å².